The van der Waals surface area contributed by atoms with Crippen molar-refractivity contribution in [1.29, 1.82) is 0 Å². The highest BCUT2D eigenvalue weighted by Crippen LogP contribution is 2.10. The summed E-state index contributed by atoms with van der Waals surface area (Å²) in [6.45, 7) is 9.47. The van der Waals surface area contributed by atoms with E-state index in [0.29, 0.717) is 5.92 Å². The van der Waals surface area contributed by atoms with Crippen LogP contribution in [0.3, 0.4) is 0 Å². The summed E-state index contributed by atoms with van der Waals surface area (Å²) in [4.78, 5) is 0. The fraction of sp³-hybridized carbons (Fsp3) is 0.778. The van der Waals surface area contributed by atoms with E-state index in [4.69, 9.17) is 0 Å². The molecule has 1 rings (SSSR count). The van der Waals surface area contributed by atoms with Gasteiger partial charge in [-0.15, -0.1) is 5.10 Å². The molecule has 68 valence electrons. The second-order valence-electron chi connectivity index (χ2n) is 3.54. The Morgan fingerprint density at radius 2 is 2.08 bits per heavy atom. The van der Waals surface area contributed by atoms with Gasteiger partial charge in [0.25, 0.3) is 0 Å². The summed E-state index contributed by atoms with van der Waals surface area (Å²) >= 11 is 0. The van der Waals surface area contributed by atoms with Crippen molar-refractivity contribution in [3.05, 3.63) is 11.4 Å². The molecule has 0 saturated heterocycles. The second-order valence-corrected chi connectivity index (χ2v) is 3.54. The summed E-state index contributed by atoms with van der Waals surface area (Å²) in [5, 5.41) is 8.11. The zero-order valence-electron chi connectivity index (χ0n) is 8.33. The van der Waals surface area contributed by atoms with Crippen LogP contribution >= 0.6 is 0 Å². The van der Waals surface area contributed by atoms with Crippen molar-refractivity contribution in [2.24, 2.45) is 5.92 Å². The van der Waals surface area contributed by atoms with E-state index in [1.807, 2.05) is 11.6 Å². The highest BCUT2D eigenvalue weighted by atomic mass is 15.4. The van der Waals surface area contributed by atoms with Crippen LogP contribution in [-0.4, -0.2) is 15.0 Å². The first-order valence-electron chi connectivity index (χ1n) is 4.54. The third kappa shape index (κ3) is 1.84. The van der Waals surface area contributed by atoms with Crippen LogP contribution in [0.15, 0.2) is 0 Å². The summed E-state index contributed by atoms with van der Waals surface area (Å²) in [7, 11) is 0. The predicted octanol–water partition coefficient (Wildman–Crippen LogP) is 1.80. The normalized spacial score (nSPS) is 11.1. The molecule has 0 N–H and O–H groups in total. The smallest absolute Gasteiger partial charge is 0.0828 e. The van der Waals surface area contributed by atoms with Gasteiger partial charge < -0.3 is 0 Å². The summed E-state index contributed by atoms with van der Waals surface area (Å²) < 4.78 is 1.98. The summed E-state index contributed by atoms with van der Waals surface area (Å²) in [5.74, 6) is 0.674. The molecule has 0 bridgehead atoms. The Hall–Kier alpha value is -0.860. The average Bonchev–Trinajstić information content (AvgIpc) is 2.32. The maximum atomic E-state index is 4.05. The third-order valence-electron chi connectivity index (χ3n) is 1.93. The molecule has 0 spiro atoms. The molecule has 1 aromatic rings. The van der Waals surface area contributed by atoms with Crippen LogP contribution in [-0.2, 0) is 13.0 Å². The first-order valence-corrected chi connectivity index (χ1v) is 4.54. The number of aryl methyl sites for hydroxylation is 2. The van der Waals surface area contributed by atoms with Crippen LogP contribution < -0.4 is 0 Å². The minimum Gasteiger partial charge on any atom is -0.249 e. The van der Waals surface area contributed by atoms with Gasteiger partial charge in [-0.05, 0) is 26.2 Å². The van der Waals surface area contributed by atoms with Crippen LogP contribution in [0.1, 0.15) is 32.2 Å². The van der Waals surface area contributed by atoms with Crippen molar-refractivity contribution < 1.29 is 0 Å². The van der Waals surface area contributed by atoms with Gasteiger partial charge in [-0.25, -0.2) is 4.68 Å². The molecule has 0 aromatic carbocycles. The molecule has 0 amide bonds. The van der Waals surface area contributed by atoms with Gasteiger partial charge in [0.2, 0.25) is 0 Å². The SMILES string of the molecule is CCn1nnc(C)c1CC(C)C. The van der Waals surface area contributed by atoms with E-state index in [0.717, 1.165) is 18.7 Å². The standard InChI is InChI=1S/C9H17N3/c1-5-12-9(6-7(2)3)8(4)10-11-12/h7H,5-6H2,1-4H3. The van der Waals surface area contributed by atoms with E-state index in [1.165, 1.54) is 5.69 Å². The zero-order chi connectivity index (χ0) is 9.14. The minimum atomic E-state index is 0.674. The maximum absolute atomic E-state index is 4.05. The van der Waals surface area contributed by atoms with E-state index in [1.54, 1.807) is 0 Å². The molecule has 0 aliphatic heterocycles. The molecule has 0 fully saturated rings. The fourth-order valence-electron chi connectivity index (χ4n) is 1.31. The largest absolute Gasteiger partial charge is 0.249 e. The third-order valence-corrected chi connectivity index (χ3v) is 1.93. The molecular weight excluding hydrogens is 150 g/mol. The molecule has 12 heavy (non-hydrogen) atoms. The molecule has 0 atom stereocenters. The van der Waals surface area contributed by atoms with E-state index in [-0.39, 0.29) is 0 Å². The van der Waals surface area contributed by atoms with Crippen LogP contribution in [0.2, 0.25) is 0 Å². The molecular formula is C9H17N3. The number of rotatable bonds is 3. The fourth-order valence-corrected chi connectivity index (χ4v) is 1.31. The van der Waals surface area contributed by atoms with Crippen LogP contribution in [0.5, 0.6) is 0 Å². The number of aromatic nitrogens is 3. The Balaban J connectivity index is 2.86. The van der Waals surface area contributed by atoms with Crippen LogP contribution in [0, 0.1) is 12.8 Å². The lowest BCUT2D eigenvalue weighted by molar-refractivity contribution is 0.552. The molecule has 1 heterocycles. The molecule has 0 unspecified atom stereocenters. The molecule has 0 radical (unpaired) electrons. The average molecular weight is 167 g/mol. The highest BCUT2D eigenvalue weighted by molar-refractivity contribution is 5.08. The zero-order valence-corrected chi connectivity index (χ0v) is 8.33. The van der Waals surface area contributed by atoms with Gasteiger partial charge in [-0.2, -0.15) is 0 Å². The van der Waals surface area contributed by atoms with Crippen molar-refractivity contribution in [1.82, 2.24) is 15.0 Å². The summed E-state index contributed by atoms with van der Waals surface area (Å²) in [5.41, 5.74) is 2.36. The van der Waals surface area contributed by atoms with Crippen molar-refractivity contribution in [2.75, 3.05) is 0 Å². The first-order chi connectivity index (χ1) is 5.65. The Morgan fingerprint density at radius 1 is 1.42 bits per heavy atom. The molecule has 1 aromatic heterocycles. The summed E-state index contributed by atoms with van der Waals surface area (Å²) in [6, 6.07) is 0. The Bertz CT molecular complexity index is 250. The maximum Gasteiger partial charge on any atom is 0.0828 e. The molecule has 0 aliphatic carbocycles. The quantitative estimate of drug-likeness (QED) is 0.687. The van der Waals surface area contributed by atoms with Gasteiger partial charge in [0.1, 0.15) is 0 Å². The monoisotopic (exact) mass is 167 g/mol. The van der Waals surface area contributed by atoms with E-state index in [9.17, 15) is 0 Å². The van der Waals surface area contributed by atoms with E-state index < -0.39 is 0 Å². The lowest BCUT2D eigenvalue weighted by Gasteiger charge is -2.06. The minimum absolute atomic E-state index is 0.674. The predicted molar refractivity (Wildman–Crippen MR) is 49.0 cm³/mol. The van der Waals surface area contributed by atoms with E-state index >= 15 is 0 Å². The number of hydrogen-bond donors (Lipinski definition) is 0. The first kappa shape index (κ1) is 9.23. The molecule has 0 saturated carbocycles. The van der Waals surface area contributed by atoms with Gasteiger partial charge in [0.15, 0.2) is 0 Å². The lowest BCUT2D eigenvalue weighted by atomic mass is 10.1. The topological polar surface area (TPSA) is 30.7 Å². The van der Waals surface area contributed by atoms with Crippen molar-refractivity contribution in [3.8, 4) is 0 Å². The summed E-state index contributed by atoms with van der Waals surface area (Å²) in [6.07, 6.45) is 1.08. The highest BCUT2D eigenvalue weighted by Gasteiger charge is 2.08. The molecule has 3 nitrogen and oxygen atoms in total. The van der Waals surface area contributed by atoms with Crippen LogP contribution in [0.4, 0.5) is 0 Å². The van der Waals surface area contributed by atoms with Crippen molar-refractivity contribution in [3.63, 3.8) is 0 Å². The van der Waals surface area contributed by atoms with Gasteiger partial charge in [0.05, 0.1) is 11.4 Å². The van der Waals surface area contributed by atoms with Gasteiger partial charge >= 0.3 is 0 Å². The van der Waals surface area contributed by atoms with Crippen molar-refractivity contribution >= 4 is 0 Å². The Kier molecular flexibility index (Phi) is 2.84. The van der Waals surface area contributed by atoms with Gasteiger partial charge in [-0.3, -0.25) is 0 Å². The van der Waals surface area contributed by atoms with E-state index in [2.05, 4.69) is 31.1 Å². The van der Waals surface area contributed by atoms with Gasteiger partial charge in [-0.1, -0.05) is 19.1 Å². The number of hydrogen-bond acceptors (Lipinski definition) is 2. The Morgan fingerprint density at radius 3 is 2.58 bits per heavy atom. The molecule has 0 aliphatic rings. The Labute approximate surface area is 73.8 Å². The molecule has 3 heteroatoms. The van der Waals surface area contributed by atoms with Crippen molar-refractivity contribution in [2.45, 2.75) is 40.7 Å². The second kappa shape index (κ2) is 3.70. The lowest BCUT2D eigenvalue weighted by Crippen LogP contribution is -2.06. The number of nitrogens with zero attached hydrogens (tertiary/aromatic N) is 3. The van der Waals surface area contributed by atoms with Gasteiger partial charge in [0, 0.05) is 6.54 Å². The van der Waals surface area contributed by atoms with Crippen LogP contribution in [0.25, 0.3) is 0 Å².